The lowest BCUT2D eigenvalue weighted by atomic mass is 9.98. The Balaban J connectivity index is 1.39. The number of rotatable bonds is 2. The first-order valence-corrected chi connectivity index (χ1v) is 15.4. The Labute approximate surface area is 226 Å². The van der Waals surface area contributed by atoms with Crippen LogP contribution in [0.15, 0.2) is 127 Å². The van der Waals surface area contributed by atoms with Crippen LogP contribution in [0.5, 0.6) is 23.0 Å². The normalized spacial score (nSPS) is 16.5. The van der Waals surface area contributed by atoms with Crippen molar-refractivity contribution in [2.75, 3.05) is 0 Å². The highest BCUT2D eigenvalue weighted by Crippen LogP contribution is 2.60. The molecule has 0 bridgehead atoms. The van der Waals surface area contributed by atoms with Gasteiger partial charge < -0.3 is 9.47 Å². The van der Waals surface area contributed by atoms with Gasteiger partial charge >= 0.3 is 0 Å². The fourth-order valence-corrected chi connectivity index (χ4v) is 10.6. The van der Waals surface area contributed by atoms with Gasteiger partial charge in [-0.25, -0.2) is 0 Å². The topological polar surface area (TPSA) is 18.5 Å². The maximum atomic E-state index is 6.78. The van der Waals surface area contributed by atoms with Crippen molar-refractivity contribution >= 4 is 44.5 Å². The number of hydrogen-bond donors (Lipinski definition) is 0. The Morgan fingerprint density at radius 1 is 0.447 bits per heavy atom. The average molecular weight is 525 g/mol. The Hall–Kier alpha value is -4.17. The van der Waals surface area contributed by atoms with Crippen molar-refractivity contribution in [2.24, 2.45) is 0 Å². The third kappa shape index (κ3) is 3.10. The second-order valence-electron chi connectivity index (χ2n) is 9.68. The average Bonchev–Trinajstić information content (AvgIpc) is 2.97. The van der Waals surface area contributed by atoms with Crippen LogP contribution >= 0.6 is 6.04 Å². The zero-order chi connectivity index (χ0) is 25.3. The summed E-state index contributed by atoms with van der Waals surface area (Å²) in [5.41, 5.74) is 4.51. The van der Waals surface area contributed by atoms with Gasteiger partial charge in [0.05, 0.1) is 11.3 Å². The molecule has 4 heteroatoms. The van der Waals surface area contributed by atoms with E-state index in [-0.39, 0.29) is 0 Å². The lowest BCUT2D eigenvalue weighted by Crippen LogP contribution is -2.35. The zero-order valence-corrected chi connectivity index (χ0v) is 22.0. The van der Waals surface area contributed by atoms with Crippen molar-refractivity contribution in [3.05, 3.63) is 127 Å². The van der Waals surface area contributed by atoms with Crippen molar-refractivity contribution in [1.29, 1.82) is 0 Å². The predicted octanol–water partition coefficient (Wildman–Crippen LogP) is 8.14. The number of fused-ring (bicyclic) bond motifs is 6. The third-order valence-corrected chi connectivity index (χ3v) is 12.4. The van der Waals surface area contributed by atoms with Gasteiger partial charge in [0.1, 0.15) is 23.0 Å². The van der Waals surface area contributed by atoms with Crippen LogP contribution in [0.3, 0.4) is 0 Å². The number of ether oxygens (including phenoxy) is 2. The first-order chi connectivity index (χ1) is 18.7. The van der Waals surface area contributed by atoms with E-state index in [1.807, 2.05) is 18.2 Å². The summed E-state index contributed by atoms with van der Waals surface area (Å²) in [5, 5.41) is 5.54. The molecule has 0 spiro atoms. The molecule has 6 aromatic rings. The van der Waals surface area contributed by atoms with Gasteiger partial charge in [0.2, 0.25) is 0 Å². The van der Waals surface area contributed by atoms with Gasteiger partial charge in [0.25, 0.3) is 0 Å². The molecular formula is C34H21O2PS. The molecule has 6 aromatic carbocycles. The number of benzene rings is 6. The molecule has 8 rings (SSSR count). The van der Waals surface area contributed by atoms with Gasteiger partial charge in [-0.05, 0) is 69.4 Å². The van der Waals surface area contributed by atoms with Crippen LogP contribution in [-0.4, -0.2) is 0 Å². The fourth-order valence-electron chi connectivity index (χ4n) is 5.76. The van der Waals surface area contributed by atoms with E-state index >= 15 is 0 Å². The SMILES string of the molecule is S=P12c3ccccc3Oc3cc(-c4cccc(-c5ccccc5)c4)cc(c31)Oc1ccc3ccccc3c12. The second kappa shape index (κ2) is 8.16. The van der Waals surface area contributed by atoms with Gasteiger partial charge in [-0.1, -0.05) is 103 Å². The minimum atomic E-state index is -2.45. The molecule has 0 saturated carbocycles. The number of hydrogen-bond acceptors (Lipinski definition) is 3. The third-order valence-electron chi connectivity index (χ3n) is 7.48. The molecule has 2 aliphatic rings. The molecule has 0 fully saturated rings. The van der Waals surface area contributed by atoms with E-state index in [0.717, 1.165) is 55.4 Å². The quantitative estimate of drug-likeness (QED) is 0.213. The van der Waals surface area contributed by atoms with Crippen molar-refractivity contribution in [2.45, 2.75) is 0 Å². The second-order valence-corrected chi connectivity index (χ2v) is 13.9. The minimum absolute atomic E-state index is 0.795. The monoisotopic (exact) mass is 524 g/mol. The van der Waals surface area contributed by atoms with Crippen molar-refractivity contribution < 1.29 is 9.47 Å². The highest BCUT2D eigenvalue weighted by Gasteiger charge is 2.43. The predicted molar refractivity (Wildman–Crippen MR) is 161 cm³/mol. The van der Waals surface area contributed by atoms with Gasteiger partial charge in [-0.2, -0.15) is 0 Å². The Kier molecular flexibility index (Phi) is 4.70. The molecule has 1 unspecified atom stereocenters. The van der Waals surface area contributed by atoms with Gasteiger partial charge in [-0.3, -0.25) is 0 Å². The highest BCUT2D eigenvalue weighted by molar-refractivity contribution is 8.26. The molecule has 0 N–H and O–H groups in total. The van der Waals surface area contributed by atoms with Crippen LogP contribution in [0.4, 0.5) is 0 Å². The van der Waals surface area contributed by atoms with Gasteiger partial charge in [0.15, 0.2) is 0 Å². The summed E-state index contributed by atoms with van der Waals surface area (Å²) in [7, 11) is 0. The summed E-state index contributed by atoms with van der Waals surface area (Å²) >= 11 is 6.78. The van der Waals surface area contributed by atoms with E-state index in [1.165, 1.54) is 16.5 Å². The smallest absolute Gasteiger partial charge is 0.140 e. The van der Waals surface area contributed by atoms with E-state index in [4.69, 9.17) is 21.3 Å². The Bertz CT molecular complexity index is 1940. The maximum absolute atomic E-state index is 6.78. The molecule has 0 radical (unpaired) electrons. The molecule has 1 atom stereocenters. The van der Waals surface area contributed by atoms with Crippen LogP contribution < -0.4 is 25.4 Å². The lowest BCUT2D eigenvalue weighted by molar-refractivity contribution is 0.467. The summed E-state index contributed by atoms with van der Waals surface area (Å²) in [6, 6.07) is 41.8. The molecule has 2 nitrogen and oxygen atoms in total. The Morgan fingerprint density at radius 3 is 1.95 bits per heavy atom. The molecule has 2 heterocycles. The van der Waals surface area contributed by atoms with Gasteiger partial charge in [-0.15, -0.1) is 0 Å². The van der Waals surface area contributed by atoms with Crippen LogP contribution in [0.2, 0.25) is 0 Å². The van der Waals surface area contributed by atoms with Crippen molar-refractivity contribution in [1.82, 2.24) is 0 Å². The molecule has 0 aliphatic carbocycles. The number of para-hydroxylation sites is 1. The summed E-state index contributed by atoms with van der Waals surface area (Å²) in [4.78, 5) is 0. The van der Waals surface area contributed by atoms with Crippen LogP contribution in [0, 0.1) is 0 Å². The molecule has 38 heavy (non-hydrogen) atoms. The van der Waals surface area contributed by atoms with E-state index in [1.54, 1.807) is 0 Å². The summed E-state index contributed by atoms with van der Waals surface area (Å²) in [6.45, 7) is 0. The van der Waals surface area contributed by atoms with E-state index in [2.05, 4.69) is 109 Å². The van der Waals surface area contributed by atoms with E-state index in [9.17, 15) is 0 Å². The van der Waals surface area contributed by atoms with Crippen LogP contribution in [0.1, 0.15) is 0 Å². The van der Waals surface area contributed by atoms with Crippen molar-refractivity contribution in [3.63, 3.8) is 0 Å². The highest BCUT2D eigenvalue weighted by atomic mass is 32.4. The summed E-state index contributed by atoms with van der Waals surface area (Å²) in [5.74, 6) is 3.27. The van der Waals surface area contributed by atoms with Crippen molar-refractivity contribution in [3.8, 4) is 45.3 Å². The summed E-state index contributed by atoms with van der Waals surface area (Å²) in [6.07, 6.45) is 0. The first kappa shape index (κ1) is 21.9. The lowest BCUT2D eigenvalue weighted by Gasteiger charge is -2.38. The largest absolute Gasteiger partial charge is 0.456 e. The standard InChI is InChI=1S/C34H21O2PS/c38-37-32-16-7-6-15-28(32)35-30-20-26(25-13-8-12-24(19-25)22-9-2-1-3-10-22)21-31(34(30)37)36-29-18-17-23-11-4-5-14-27(23)33(29)37/h1-21H. The van der Waals surface area contributed by atoms with E-state index in [0.29, 0.717) is 0 Å². The van der Waals surface area contributed by atoms with Gasteiger partial charge in [0, 0.05) is 10.6 Å². The fraction of sp³-hybridized carbons (Fsp3) is 0. The molecule has 2 aliphatic heterocycles. The first-order valence-electron chi connectivity index (χ1n) is 12.6. The molecule has 0 amide bonds. The summed E-state index contributed by atoms with van der Waals surface area (Å²) < 4.78 is 13.2. The van der Waals surface area contributed by atoms with Crippen LogP contribution in [-0.2, 0) is 11.8 Å². The minimum Gasteiger partial charge on any atom is -0.456 e. The molecule has 0 saturated heterocycles. The molecule has 0 aromatic heterocycles. The molecule has 180 valence electrons. The maximum Gasteiger partial charge on any atom is 0.140 e. The van der Waals surface area contributed by atoms with Crippen LogP contribution in [0.25, 0.3) is 33.0 Å². The molecular weight excluding hydrogens is 503 g/mol. The Morgan fingerprint density at radius 2 is 1.11 bits per heavy atom. The zero-order valence-electron chi connectivity index (χ0n) is 20.3. The van der Waals surface area contributed by atoms with E-state index < -0.39 is 6.04 Å².